The summed E-state index contributed by atoms with van der Waals surface area (Å²) in [6.07, 6.45) is 3.69. The summed E-state index contributed by atoms with van der Waals surface area (Å²) in [7, 11) is 0. The number of rotatable bonds is 7. The zero-order valence-electron chi connectivity index (χ0n) is 17.6. The van der Waals surface area contributed by atoms with E-state index in [2.05, 4.69) is 10.2 Å². The second kappa shape index (κ2) is 9.75. The normalized spacial score (nSPS) is 14.6. The van der Waals surface area contributed by atoms with E-state index in [1.54, 1.807) is 24.3 Å². The smallest absolute Gasteiger partial charge is 0.332 e. The zero-order valence-corrected chi connectivity index (χ0v) is 17.6. The molecule has 7 nitrogen and oxygen atoms in total. The van der Waals surface area contributed by atoms with Crippen molar-refractivity contribution in [1.82, 2.24) is 19.4 Å². The number of nitrogens with one attached hydrogen (secondary N) is 1. The minimum Gasteiger partial charge on any atom is -0.353 e. The number of fused-ring (bicyclic) bond motifs is 1. The number of carbonyl (C=O) groups excluding carboxylic acids is 1. The van der Waals surface area contributed by atoms with Gasteiger partial charge >= 0.3 is 5.69 Å². The molecule has 2 heterocycles. The molecular weight excluding hydrogens is 392 g/mol. The van der Waals surface area contributed by atoms with Gasteiger partial charge in [0.15, 0.2) is 0 Å². The fourth-order valence-electron chi connectivity index (χ4n) is 4.17. The van der Waals surface area contributed by atoms with Crippen molar-refractivity contribution >= 4 is 16.8 Å². The molecule has 162 valence electrons. The first kappa shape index (κ1) is 21.1. The summed E-state index contributed by atoms with van der Waals surface area (Å²) in [5.74, 6) is -0.228. The molecule has 1 saturated heterocycles. The number of para-hydroxylation sites is 1. The topological polar surface area (TPSA) is 76.3 Å². The first-order chi connectivity index (χ1) is 15.1. The molecule has 1 amide bonds. The van der Waals surface area contributed by atoms with Gasteiger partial charge in [0, 0.05) is 13.1 Å². The third-order valence-corrected chi connectivity index (χ3v) is 5.82. The average molecular weight is 421 g/mol. The molecule has 1 aromatic heterocycles. The Morgan fingerprint density at radius 2 is 1.58 bits per heavy atom. The summed E-state index contributed by atoms with van der Waals surface area (Å²) in [6, 6.07) is 16.3. The lowest BCUT2D eigenvalue weighted by atomic mass is 10.1. The molecule has 0 spiro atoms. The third-order valence-electron chi connectivity index (χ3n) is 5.82. The predicted molar refractivity (Wildman–Crippen MR) is 121 cm³/mol. The molecular formula is C24H28N4O3. The van der Waals surface area contributed by atoms with Crippen LogP contribution in [0.1, 0.15) is 24.8 Å². The molecule has 1 aliphatic rings. The van der Waals surface area contributed by atoms with Crippen LogP contribution in [0.4, 0.5) is 0 Å². The van der Waals surface area contributed by atoms with Gasteiger partial charge in [-0.25, -0.2) is 4.79 Å². The Balaban J connectivity index is 1.56. The Morgan fingerprint density at radius 1 is 0.871 bits per heavy atom. The lowest BCUT2D eigenvalue weighted by Gasteiger charge is -2.26. The van der Waals surface area contributed by atoms with Crippen LogP contribution in [0.15, 0.2) is 64.2 Å². The van der Waals surface area contributed by atoms with Crippen LogP contribution >= 0.6 is 0 Å². The van der Waals surface area contributed by atoms with E-state index in [1.807, 2.05) is 30.3 Å². The van der Waals surface area contributed by atoms with Crippen LogP contribution in [0.5, 0.6) is 0 Å². The van der Waals surface area contributed by atoms with Crippen molar-refractivity contribution in [3.8, 4) is 0 Å². The number of amides is 1. The number of piperidine rings is 1. The Labute approximate surface area is 180 Å². The molecule has 0 radical (unpaired) electrons. The molecule has 4 rings (SSSR count). The van der Waals surface area contributed by atoms with Crippen LogP contribution in [-0.2, 0) is 17.9 Å². The van der Waals surface area contributed by atoms with Crippen molar-refractivity contribution in [3.63, 3.8) is 0 Å². The Hall–Kier alpha value is -3.19. The summed E-state index contributed by atoms with van der Waals surface area (Å²) >= 11 is 0. The first-order valence-electron chi connectivity index (χ1n) is 10.9. The lowest BCUT2D eigenvalue weighted by Crippen LogP contribution is -2.44. The largest absolute Gasteiger partial charge is 0.353 e. The molecule has 0 atom stereocenters. The monoisotopic (exact) mass is 420 g/mol. The van der Waals surface area contributed by atoms with Gasteiger partial charge in [-0.3, -0.25) is 18.7 Å². The number of benzene rings is 2. The van der Waals surface area contributed by atoms with Crippen LogP contribution in [0.2, 0.25) is 0 Å². The highest BCUT2D eigenvalue weighted by Gasteiger charge is 2.16. The van der Waals surface area contributed by atoms with Gasteiger partial charge in [0.25, 0.3) is 5.56 Å². The molecule has 3 aromatic rings. The molecule has 1 N–H and O–H groups in total. The molecule has 1 fully saturated rings. The number of hydrogen-bond donors (Lipinski definition) is 1. The van der Waals surface area contributed by atoms with E-state index in [4.69, 9.17) is 0 Å². The highest BCUT2D eigenvalue weighted by atomic mass is 16.2. The van der Waals surface area contributed by atoms with Crippen molar-refractivity contribution < 1.29 is 4.79 Å². The van der Waals surface area contributed by atoms with Crippen LogP contribution in [0.25, 0.3) is 10.9 Å². The Morgan fingerprint density at radius 3 is 2.35 bits per heavy atom. The predicted octanol–water partition coefficient (Wildman–Crippen LogP) is 1.81. The summed E-state index contributed by atoms with van der Waals surface area (Å²) in [5.41, 5.74) is 0.521. The molecule has 0 aliphatic carbocycles. The van der Waals surface area contributed by atoms with E-state index in [1.165, 1.54) is 28.4 Å². The minimum absolute atomic E-state index is 0.117. The van der Waals surface area contributed by atoms with E-state index >= 15 is 0 Å². The van der Waals surface area contributed by atoms with Gasteiger partial charge < -0.3 is 10.2 Å². The van der Waals surface area contributed by atoms with Crippen LogP contribution in [0, 0.1) is 0 Å². The number of aromatic nitrogens is 2. The van der Waals surface area contributed by atoms with Crippen LogP contribution in [0.3, 0.4) is 0 Å². The maximum atomic E-state index is 13.2. The molecule has 1 aliphatic heterocycles. The van der Waals surface area contributed by atoms with Crippen molar-refractivity contribution in [2.75, 3.05) is 26.2 Å². The fraction of sp³-hybridized carbons (Fsp3) is 0.375. The quantitative estimate of drug-likeness (QED) is 0.633. The maximum absolute atomic E-state index is 13.2. The maximum Gasteiger partial charge on any atom is 0.332 e. The van der Waals surface area contributed by atoms with Crippen molar-refractivity contribution in [2.24, 2.45) is 0 Å². The molecule has 7 heteroatoms. The van der Waals surface area contributed by atoms with Crippen molar-refractivity contribution in [1.29, 1.82) is 0 Å². The van der Waals surface area contributed by atoms with E-state index in [0.29, 0.717) is 17.4 Å². The van der Waals surface area contributed by atoms with Gasteiger partial charge in [-0.1, -0.05) is 48.9 Å². The summed E-state index contributed by atoms with van der Waals surface area (Å²) in [4.78, 5) is 41.2. The average Bonchev–Trinajstić information content (AvgIpc) is 2.81. The number of hydrogen-bond acceptors (Lipinski definition) is 4. The highest BCUT2D eigenvalue weighted by Crippen LogP contribution is 2.09. The van der Waals surface area contributed by atoms with E-state index in [9.17, 15) is 14.4 Å². The minimum atomic E-state index is -0.473. The van der Waals surface area contributed by atoms with Gasteiger partial charge in [0.1, 0.15) is 6.54 Å². The van der Waals surface area contributed by atoms with Gasteiger partial charge in [0.05, 0.1) is 17.4 Å². The van der Waals surface area contributed by atoms with Crippen LogP contribution < -0.4 is 16.6 Å². The molecule has 31 heavy (non-hydrogen) atoms. The van der Waals surface area contributed by atoms with E-state index in [-0.39, 0.29) is 24.6 Å². The Kier molecular flexibility index (Phi) is 6.62. The molecule has 0 bridgehead atoms. The zero-order chi connectivity index (χ0) is 21.6. The summed E-state index contributed by atoms with van der Waals surface area (Å²) in [5, 5.41) is 3.36. The van der Waals surface area contributed by atoms with Gasteiger partial charge in [-0.05, 0) is 43.6 Å². The molecule has 0 saturated carbocycles. The lowest BCUT2D eigenvalue weighted by molar-refractivity contribution is -0.121. The second-order valence-electron chi connectivity index (χ2n) is 8.02. The third kappa shape index (κ3) is 4.94. The highest BCUT2D eigenvalue weighted by molar-refractivity contribution is 5.81. The number of likely N-dealkylation sites (tertiary alicyclic amines) is 1. The standard InChI is InChI=1S/C24H28N4O3/c29-22(25-13-16-26-14-7-2-8-15-26)18-27-21-12-6-5-11-20(21)23(30)28(24(27)31)17-19-9-3-1-4-10-19/h1,3-6,9-12H,2,7-8,13-18H2,(H,25,29). The molecule has 2 aromatic carbocycles. The SMILES string of the molecule is O=C(Cn1c(=O)n(Cc2ccccc2)c(=O)c2ccccc21)NCCN1CCCCC1. The number of carbonyl (C=O) groups is 1. The van der Waals surface area contributed by atoms with Crippen molar-refractivity contribution in [2.45, 2.75) is 32.4 Å². The van der Waals surface area contributed by atoms with E-state index in [0.717, 1.165) is 25.2 Å². The molecule has 0 unspecified atom stereocenters. The second-order valence-corrected chi connectivity index (χ2v) is 8.02. The summed E-state index contributed by atoms with van der Waals surface area (Å²) in [6.45, 7) is 3.56. The van der Waals surface area contributed by atoms with Crippen LogP contribution in [-0.4, -0.2) is 46.1 Å². The number of nitrogens with zero attached hydrogens (tertiary/aromatic N) is 3. The summed E-state index contributed by atoms with van der Waals surface area (Å²) < 4.78 is 2.61. The van der Waals surface area contributed by atoms with Gasteiger partial charge in [-0.15, -0.1) is 0 Å². The van der Waals surface area contributed by atoms with Gasteiger partial charge in [0.2, 0.25) is 5.91 Å². The first-order valence-corrected chi connectivity index (χ1v) is 10.9. The van der Waals surface area contributed by atoms with E-state index < -0.39 is 5.69 Å². The Bertz CT molecular complexity index is 1160. The van der Waals surface area contributed by atoms with Crippen molar-refractivity contribution in [3.05, 3.63) is 81.0 Å². The van der Waals surface area contributed by atoms with Gasteiger partial charge in [-0.2, -0.15) is 0 Å². The fourth-order valence-corrected chi connectivity index (χ4v) is 4.17.